The number of hydrogen-bond donors (Lipinski definition) is 1. The van der Waals surface area contributed by atoms with Crippen molar-refractivity contribution in [3.05, 3.63) is 53.2 Å². The summed E-state index contributed by atoms with van der Waals surface area (Å²) in [5.41, 5.74) is 0.578. The van der Waals surface area contributed by atoms with Gasteiger partial charge in [0.15, 0.2) is 10.8 Å². The molecule has 0 saturated carbocycles. The van der Waals surface area contributed by atoms with E-state index in [1.165, 1.54) is 23.5 Å². The molecule has 1 saturated heterocycles. The van der Waals surface area contributed by atoms with Gasteiger partial charge in [-0.3, -0.25) is 4.79 Å². The number of thiazole rings is 1. The number of anilines is 1. The molecule has 1 fully saturated rings. The van der Waals surface area contributed by atoms with E-state index in [9.17, 15) is 13.2 Å². The van der Waals surface area contributed by atoms with Crippen molar-refractivity contribution >= 4 is 38.8 Å². The van der Waals surface area contributed by atoms with Crippen molar-refractivity contribution in [1.82, 2.24) is 9.88 Å². The van der Waals surface area contributed by atoms with Gasteiger partial charge in [-0.15, -0.1) is 15.7 Å². The number of amides is 1. The molecule has 1 aliphatic rings. The maximum absolute atomic E-state index is 12.7. The Morgan fingerprint density at radius 3 is 2.83 bits per heavy atom. The molecule has 1 aliphatic heterocycles. The van der Waals surface area contributed by atoms with Crippen molar-refractivity contribution < 1.29 is 17.6 Å². The molecule has 0 aliphatic carbocycles. The monoisotopic (exact) mass is 444 g/mol. The SMILES string of the molecule is Cc1ccc(-c2nc(C(=O)Nc3cccc(S(=O)(=O)/N=C4\CCCN4C)c3)cs2)o1. The lowest BCUT2D eigenvalue weighted by molar-refractivity contribution is 0.102. The number of nitrogens with zero attached hydrogens (tertiary/aromatic N) is 3. The van der Waals surface area contributed by atoms with Gasteiger partial charge in [0.1, 0.15) is 17.3 Å². The number of nitrogens with one attached hydrogen (secondary N) is 1. The van der Waals surface area contributed by atoms with E-state index in [1.807, 2.05) is 24.9 Å². The number of sulfonamides is 1. The van der Waals surface area contributed by atoms with E-state index in [1.54, 1.807) is 23.6 Å². The smallest absolute Gasteiger partial charge is 0.284 e. The topological polar surface area (TPSA) is 105 Å². The van der Waals surface area contributed by atoms with E-state index in [2.05, 4.69) is 14.7 Å². The van der Waals surface area contributed by atoms with Crippen LogP contribution in [0.15, 0.2) is 55.5 Å². The summed E-state index contributed by atoms with van der Waals surface area (Å²) in [5, 5.41) is 4.92. The second-order valence-corrected chi connectivity index (χ2v) is 9.40. The fourth-order valence-corrected chi connectivity index (χ4v) is 4.97. The molecule has 0 atom stereocenters. The Morgan fingerprint density at radius 2 is 2.13 bits per heavy atom. The van der Waals surface area contributed by atoms with E-state index in [0.29, 0.717) is 28.7 Å². The molecule has 10 heteroatoms. The summed E-state index contributed by atoms with van der Waals surface area (Å²) in [6.45, 7) is 2.62. The highest BCUT2D eigenvalue weighted by molar-refractivity contribution is 7.90. The Bertz CT molecular complexity index is 1230. The summed E-state index contributed by atoms with van der Waals surface area (Å²) in [5.74, 6) is 1.47. The standard InChI is InChI=1S/C20H20N4O4S2/c1-13-8-9-17(28-13)20-22-16(12-29-20)19(25)21-14-5-3-6-15(11-14)30(26,27)23-18-7-4-10-24(18)2/h3,5-6,8-9,11-12H,4,7,10H2,1-2H3,(H,21,25)/b23-18+. The number of amidine groups is 1. The van der Waals surface area contributed by atoms with Crippen LogP contribution in [-0.4, -0.2) is 43.6 Å². The van der Waals surface area contributed by atoms with Gasteiger partial charge in [0.2, 0.25) is 0 Å². The molecule has 1 aromatic carbocycles. The predicted molar refractivity (Wildman–Crippen MR) is 115 cm³/mol. The minimum Gasteiger partial charge on any atom is -0.459 e. The minimum absolute atomic E-state index is 0.0260. The van der Waals surface area contributed by atoms with Crippen molar-refractivity contribution in [2.24, 2.45) is 4.40 Å². The van der Waals surface area contributed by atoms with Crippen LogP contribution < -0.4 is 5.32 Å². The van der Waals surface area contributed by atoms with Crippen LogP contribution in [0, 0.1) is 6.92 Å². The molecule has 2 aromatic heterocycles. The highest BCUT2D eigenvalue weighted by Gasteiger charge is 2.21. The van der Waals surface area contributed by atoms with Crippen LogP contribution in [0.4, 0.5) is 5.69 Å². The zero-order chi connectivity index (χ0) is 21.3. The van der Waals surface area contributed by atoms with Crippen LogP contribution in [0.1, 0.15) is 29.1 Å². The first kappa shape index (κ1) is 20.3. The molecule has 0 bridgehead atoms. The largest absolute Gasteiger partial charge is 0.459 e. The molecular weight excluding hydrogens is 424 g/mol. The number of benzene rings is 1. The van der Waals surface area contributed by atoms with Crippen molar-refractivity contribution in [1.29, 1.82) is 0 Å². The van der Waals surface area contributed by atoms with E-state index in [-0.39, 0.29) is 10.6 Å². The molecule has 0 unspecified atom stereocenters. The minimum atomic E-state index is -3.86. The Balaban J connectivity index is 1.52. The summed E-state index contributed by atoms with van der Waals surface area (Å²) in [6.07, 6.45) is 1.52. The van der Waals surface area contributed by atoms with Gasteiger partial charge in [-0.25, -0.2) is 4.98 Å². The van der Waals surface area contributed by atoms with Crippen LogP contribution in [0.25, 0.3) is 10.8 Å². The summed E-state index contributed by atoms with van der Waals surface area (Å²) in [6, 6.07) is 9.68. The third-order valence-corrected chi connectivity index (χ3v) is 6.80. The van der Waals surface area contributed by atoms with Gasteiger partial charge in [0.25, 0.3) is 15.9 Å². The number of rotatable bonds is 5. The average Bonchev–Trinajstić information content (AvgIpc) is 3.44. The van der Waals surface area contributed by atoms with Gasteiger partial charge in [-0.2, -0.15) is 8.42 Å². The van der Waals surface area contributed by atoms with E-state index in [0.717, 1.165) is 18.7 Å². The Morgan fingerprint density at radius 1 is 1.30 bits per heavy atom. The van der Waals surface area contributed by atoms with Crippen LogP contribution >= 0.6 is 11.3 Å². The van der Waals surface area contributed by atoms with Crippen LogP contribution in [0.3, 0.4) is 0 Å². The zero-order valence-electron chi connectivity index (χ0n) is 16.5. The first-order chi connectivity index (χ1) is 14.3. The third kappa shape index (κ3) is 4.29. The van der Waals surface area contributed by atoms with Crippen LogP contribution in [0.2, 0.25) is 0 Å². The lowest BCUT2D eigenvalue weighted by Gasteiger charge is -2.11. The molecule has 156 valence electrons. The Hall–Kier alpha value is -2.98. The quantitative estimate of drug-likeness (QED) is 0.642. The molecule has 1 N–H and O–H groups in total. The van der Waals surface area contributed by atoms with E-state index in [4.69, 9.17) is 4.42 Å². The summed E-state index contributed by atoms with van der Waals surface area (Å²) >= 11 is 1.30. The van der Waals surface area contributed by atoms with E-state index >= 15 is 0 Å². The molecule has 3 aromatic rings. The van der Waals surface area contributed by atoms with Crippen molar-refractivity contribution in [2.45, 2.75) is 24.7 Å². The maximum atomic E-state index is 12.7. The third-order valence-electron chi connectivity index (χ3n) is 4.64. The van der Waals surface area contributed by atoms with Crippen molar-refractivity contribution in [3.8, 4) is 10.8 Å². The summed E-state index contributed by atoms with van der Waals surface area (Å²) in [4.78, 5) is 18.7. The molecule has 8 nitrogen and oxygen atoms in total. The predicted octanol–water partition coefficient (Wildman–Crippen LogP) is 3.78. The lowest BCUT2D eigenvalue weighted by Crippen LogP contribution is -2.20. The maximum Gasteiger partial charge on any atom is 0.284 e. The number of furan rings is 1. The van der Waals surface area contributed by atoms with Gasteiger partial charge < -0.3 is 14.6 Å². The number of carbonyl (C=O) groups is 1. The normalized spacial score (nSPS) is 15.7. The Labute approximate surface area is 178 Å². The van der Waals surface area contributed by atoms with E-state index < -0.39 is 15.9 Å². The molecule has 0 spiro atoms. The molecule has 1 amide bonds. The number of likely N-dealkylation sites (tertiary alicyclic amines) is 1. The number of carbonyl (C=O) groups excluding carboxylic acids is 1. The van der Waals surface area contributed by atoms with Crippen molar-refractivity contribution in [3.63, 3.8) is 0 Å². The number of aromatic nitrogens is 1. The molecule has 30 heavy (non-hydrogen) atoms. The second kappa shape index (κ2) is 8.04. The molecule has 4 rings (SSSR count). The van der Waals surface area contributed by atoms with Gasteiger partial charge in [0.05, 0.1) is 4.90 Å². The van der Waals surface area contributed by atoms with Crippen molar-refractivity contribution in [2.75, 3.05) is 18.9 Å². The van der Waals surface area contributed by atoms with Crippen LogP contribution in [-0.2, 0) is 10.0 Å². The highest BCUT2D eigenvalue weighted by Crippen LogP contribution is 2.26. The molecule has 3 heterocycles. The molecular formula is C20H20N4O4S2. The number of hydrogen-bond acceptors (Lipinski definition) is 6. The van der Waals surface area contributed by atoms with Gasteiger partial charge in [0, 0.05) is 31.1 Å². The first-order valence-corrected chi connectivity index (χ1v) is 11.6. The van der Waals surface area contributed by atoms with Gasteiger partial charge >= 0.3 is 0 Å². The highest BCUT2D eigenvalue weighted by atomic mass is 32.2. The Kier molecular flexibility index (Phi) is 5.44. The van der Waals surface area contributed by atoms with Crippen LogP contribution in [0.5, 0.6) is 0 Å². The fourth-order valence-electron chi connectivity index (χ4n) is 3.07. The second-order valence-electron chi connectivity index (χ2n) is 6.94. The fraction of sp³-hybridized carbons (Fsp3) is 0.250. The summed E-state index contributed by atoms with van der Waals surface area (Å²) < 4.78 is 34.8. The first-order valence-electron chi connectivity index (χ1n) is 9.30. The van der Waals surface area contributed by atoms with Gasteiger partial charge in [-0.1, -0.05) is 6.07 Å². The lowest BCUT2D eigenvalue weighted by atomic mass is 10.3. The summed E-state index contributed by atoms with van der Waals surface area (Å²) in [7, 11) is -2.04. The average molecular weight is 445 g/mol. The molecule has 0 radical (unpaired) electrons. The zero-order valence-corrected chi connectivity index (χ0v) is 18.1. The van der Waals surface area contributed by atoms with Gasteiger partial charge in [-0.05, 0) is 43.7 Å². The number of aryl methyl sites for hydroxylation is 1.